The lowest BCUT2D eigenvalue weighted by Gasteiger charge is -2.08. The van der Waals surface area contributed by atoms with Crippen molar-refractivity contribution >= 4 is 23.6 Å². The minimum Gasteiger partial charge on any atom is -0.469 e. The van der Waals surface area contributed by atoms with Gasteiger partial charge in [0.15, 0.2) is 0 Å². The van der Waals surface area contributed by atoms with Gasteiger partial charge >= 0.3 is 5.97 Å². The van der Waals surface area contributed by atoms with Crippen molar-refractivity contribution in [2.45, 2.75) is 11.3 Å². The molecule has 0 aliphatic rings. The Kier molecular flexibility index (Phi) is 6.47. The SMILES string of the molecule is COC(=O)CCNC(=O)c1ccccc1SCC#N. The number of methoxy groups -OCH3 is 1. The molecule has 0 aliphatic heterocycles. The van der Waals surface area contributed by atoms with Gasteiger partial charge in [0.05, 0.1) is 30.9 Å². The first-order chi connectivity index (χ1) is 9.19. The maximum Gasteiger partial charge on any atom is 0.307 e. The lowest BCUT2D eigenvalue weighted by molar-refractivity contribution is -0.140. The van der Waals surface area contributed by atoms with Gasteiger partial charge in [0.1, 0.15) is 0 Å². The fourth-order valence-electron chi connectivity index (χ4n) is 1.37. The smallest absolute Gasteiger partial charge is 0.307 e. The molecule has 0 bridgehead atoms. The van der Waals surface area contributed by atoms with Crippen molar-refractivity contribution in [2.75, 3.05) is 19.4 Å². The quantitative estimate of drug-likeness (QED) is 0.631. The number of carbonyl (C=O) groups excluding carboxylic acids is 2. The number of nitriles is 1. The number of nitrogens with one attached hydrogen (secondary N) is 1. The van der Waals surface area contributed by atoms with Crippen molar-refractivity contribution in [3.8, 4) is 6.07 Å². The number of esters is 1. The second kappa shape index (κ2) is 8.16. The Bertz CT molecular complexity index is 497. The van der Waals surface area contributed by atoms with Gasteiger partial charge in [0.25, 0.3) is 5.91 Å². The summed E-state index contributed by atoms with van der Waals surface area (Å²) in [4.78, 5) is 23.6. The molecule has 0 saturated heterocycles. The van der Waals surface area contributed by atoms with Crippen LogP contribution in [0.5, 0.6) is 0 Å². The Morgan fingerprint density at radius 1 is 1.42 bits per heavy atom. The van der Waals surface area contributed by atoms with E-state index in [0.717, 1.165) is 4.90 Å². The van der Waals surface area contributed by atoms with E-state index >= 15 is 0 Å². The summed E-state index contributed by atoms with van der Waals surface area (Å²) in [6.07, 6.45) is 0.135. The first kappa shape index (κ1) is 15.1. The van der Waals surface area contributed by atoms with Gasteiger partial charge in [-0.1, -0.05) is 12.1 Å². The third kappa shape index (κ3) is 5.02. The van der Waals surface area contributed by atoms with E-state index in [2.05, 4.69) is 10.1 Å². The molecule has 6 heteroatoms. The summed E-state index contributed by atoms with van der Waals surface area (Å²) < 4.78 is 4.48. The second-order valence-corrected chi connectivity index (χ2v) is 4.54. The van der Waals surface area contributed by atoms with Crippen LogP contribution in [-0.4, -0.2) is 31.3 Å². The van der Waals surface area contributed by atoms with Crippen molar-refractivity contribution in [2.24, 2.45) is 0 Å². The van der Waals surface area contributed by atoms with Crippen molar-refractivity contribution in [1.82, 2.24) is 5.32 Å². The van der Waals surface area contributed by atoms with Crippen LogP contribution in [0.15, 0.2) is 29.2 Å². The zero-order valence-corrected chi connectivity index (χ0v) is 11.3. The molecular formula is C13H14N2O3S. The van der Waals surface area contributed by atoms with Crippen molar-refractivity contribution in [3.05, 3.63) is 29.8 Å². The van der Waals surface area contributed by atoms with Gasteiger partial charge < -0.3 is 10.1 Å². The molecule has 1 rings (SSSR count). The number of hydrogen-bond acceptors (Lipinski definition) is 5. The van der Waals surface area contributed by atoms with Crippen LogP contribution in [0.2, 0.25) is 0 Å². The van der Waals surface area contributed by atoms with Crippen LogP contribution in [-0.2, 0) is 9.53 Å². The van der Waals surface area contributed by atoms with Crippen molar-refractivity contribution in [1.29, 1.82) is 5.26 Å². The van der Waals surface area contributed by atoms with Crippen LogP contribution in [0.1, 0.15) is 16.8 Å². The first-order valence-electron chi connectivity index (χ1n) is 5.63. The van der Waals surface area contributed by atoms with Crippen LogP contribution in [0.25, 0.3) is 0 Å². The van der Waals surface area contributed by atoms with Crippen molar-refractivity contribution < 1.29 is 14.3 Å². The fraction of sp³-hybridized carbons (Fsp3) is 0.308. The number of benzene rings is 1. The molecular weight excluding hydrogens is 264 g/mol. The number of carbonyl (C=O) groups is 2. The average Bonchev–Trinajstić information content (AvgIpc) is 2.45. The highest BCUT2D eigenvalue weighted by Crippen LogP contribution is 2.21. The Hall–Kier alpha value is -2.00. The summed E-state index contributed by atoms with van der Waals surface area (Å²) in [7, 11) is 1.30. The predicted molar refractivity (Wildman–Crippen MR) is 71.7 cm³/mol. The lowest BCUT2D eigenvalue weighted by atomic mass is 10.2. The number of amides is 1. The molecule has 1 amide bonds. The van der Waals surface area contributed by atoms with E-state index in [1.165, 1.54) is 18.9 Å². The number of hydrogen-bond donors (Lipinski definition) is 1. The highest BCUT2D eigenvalue weighted by Gasteiger charge is 2.11. The molecule has 1 aromatic carbocycles. The summed E-state index contributed by atoms with van der Waals surface area (Å²) in [5.41, 5.74) is 0.507. The third-order valence-electron chi connectivity index (χ3n) is 2.27. The van der Waals surface area contributed by atoms with Crippen LogP contribution in [0.4, 0.5) is 0 Å². The summed E-state index contributed by atoms with van der Waals surface area (Å²) in [5.74, 6) is -0.343. The van der Waals surface area contributed by atoms with Gasteiger partial charge in [-0.3, -0.25) is 9.59 Å². The zero-order chi connectivity index (χ0) is 14.1. The zero-order valence-electron chi connectivity index (χ0n) is 10.5. The summed E-state index contributed by atoms with van der Waals surface area (Å²) in [5, 5.41) is 11.2. The van der Waals surface area contributed by atoms with Crippen LogP contribution >= 0.6 is 11.8 Å². The highest BCUT2D eigenvalue weighted by atomic mass is 32.2. The largest absolute Gasteiger partial charge is 0.469 e. The molecule has 1 N–H and O–H groups in total. The normalized spacial score (nSPS) is 9.47. The van der Waals surface area contributed by atoms with E-state index in [-0.39, 0.29) is 30.6 Å². The van der Waals surface area contributed by atoms with Gasteiger partial charge in [-0.15, -0.1) is 11.8 Å². The van der Waals surface area contributed by atoms with Crippen LogP contribution in [0.3, 0.4) is 0 Å². The highest BCUT2D eigenvalue weighted by molar-refractivity contribution is 7.99. The molecule has 0 heterocycles. The molecule has 0 fully saturated rings. The van der Waals surface area contributed by atoms with Crippen LogP contribution in [0, 0.1) is 11.3 Å². The van der Waals surface area contributed by atoms with Gasteiger partial charge in [0.2, 0.25) is 0 Å². The van der Waals surface area contributed by atoms with Gasteiger partial charge in [-0.2, -0.15) is 5.26 Å². The fourth-order valence-corrected chi connectivity index (χ4v) is 2.08. The second-order valence-electron chi connectivity index (χ2n) is 3.52. The number of thioether (sulfide) groups is 1. The Labute approximate surface area is 115 Å². The minimum atomic E-state index is -0.368. The van der Waals surface area contributed by atoms with Gasteiger partial charge in [-0.05, 0) is 12.1 Å². The third-order valence-corrected chi connectivity index (χ3v) is 3.21. The maximum absolute atomic E-state index is 11.9. The molecule has 0 aromatic heterocycles. The number of nitrogens with zero attached hydrogens (tertiary/aromatic N) is 1. The molecule has 0 spiro atoms. The summed E-state index contributed by atoms with van der Waals surface area (Å²) in [6, 6.07) is 9.06. The predicted octanol–water partition coefficient (Wildman–Crippen LogP) is 1.60. The number of ether oxygens (including phenoxy) is 1. The molecule has 0 aliphatic carbocycles. The van der Waals surface area contributed by atoms with Gasteiger partial charge in [0, 0.05) is 11.4 Å². The minimum absolute atomic E-state index is 0.135. The van der Waals surface area contributed by atoms with E-state index in [0.29, 0.717) is 5.56 Å². The Balaban J connectivity index is 2.61. The molecule has 100 valence electrons. The summed E-state index contributed by atoms with van der Waals surface area (Å²) >= 11 is 1.31. The maximum atomic E-state index is 11.9. The number of rotatable bonds is 6. The molecule has 5 nitrogen and oxygen atoms in total. The van der Waals surface area contributed by atoms with Gasteiger partial charge in [-0.25, -0.2) is 0 Å². The van der Waals surface area contributed by atoms with E-state index in [4.69, 9.17) is 5.26 Å². The Morgan fingerprint density at radius 2 is 2.16 bits per heavy atom. The lowest BCUT2D eigenvalue weighted by Crippen LogP contribution is -2.26. The van der Waals surface area contributed by atoms with E-state index in [9.17, 15) is 9.59 Å². The molecule has 0 atom stereocenters. The molecule has 0 saturated carbocycles. The topological polar surface area (TPSA) is 79.2 Å². The standard InChI is InChI=1S/C13H14N2O3S/c1-18-12(16)6-8-15-13(17)10-4-2-3-5-11(10)19-9-7-14/h2-5H,6,8-9H2,1H3,(H,15,17). The average molecular weight is 278 g/mol. The summed E-state index contributed by atoms with van der Waals surface area (Å²) in [6.45, 7) is 0.225. The molecule has 19 heavy (non-hydrogen) atoms. The van der Waals surface area contributed by atoms with E-state index in [1.54, 1.807) is 18.2 Å². The molecule has 1 aromatic rings. The molecule has 0 unspecified atom stereocenters. The monoisotopic (exact) mass is 278 g/mol. The first-order valence-corrected chi connectivity index (χ1v) is 6.61. The Morgan fingerprint density at radius 3 is 2.84 bits per heavy atom. The molecule has 0 radical (unpaired) electrons. The van der Waals surface area contributed by atoms with E-state index in [1.807, 2.05) is 12.1 Å². The van der Waals surface area contributed by atoms with Crippen LogP contribution < -0.4 is 5.32 Å². The van der Waals surface area contributed by atoms with E-state index < -0.39 is 0 Å². The van der Waals surface area contributed by atoms with Crippen molar-refractivity contribution in [3.63, 3.8) is 0 Å².